The van der Waals surface area contributed by atoms with Crippen LogP contribution >= 0.6 is 0 Å². The van der Waals surface area contributed by atoms with Crippen LogP contribution in [-0.2, 0) is 4.74 Å². The first-order valence-corrected chi connectivity index (χ1v) is 8.92. The van der Waals surface area contributed by atoms with Gasteiger partial charge in [-0.15, -0.1) is 0 Å². The van der Waals surface area contributed by atoms with Crippen LogP contribution in [-0.4, -0.2) is 7.11 Å². The zero-order chi connectivity index (χ0) is 21.1. The Morgan fingerprint density at radius 1 is 0.815 bits per heavy atom. The summed E-state index contributed by atoms with van der Waals surface area (Å²) < 4.78 is 5.01. The van der Waals surface area contributed by atoms with Gasteiger partial charge in [-0.05, 0) is 66.2 Å². The Balaban J connectivity index is 5.37. The van der Waals surface area contributed by atoms with Crippen LogP contribution in [0.4, 0.5) is 0 Å². The summed E-state index contributed by atoms with van der Waals surface area (Å²) in [5, 5.41) is 0. The molecule has 0 aliphatic rings. The Kier molecular flexibility index (Phi) is 10.5. The molecule has 0 rings (SSSR count). The smallest absolute Gasteiger partial charge is 0.111 e. The fourth-order valence-corrected chi connectivity index (χ4v) is 2.19. The van der Waals surface area contributed by atoms with E-state index >= 15 is 0 Å². The van der Waals surface area contributed by atoms with Gasteiger partial charge >= 0.3 is 0 Å². The standard InChI is InChI=1S/C26H34O/c1-12-19(4)26(15-18(2)3)17-23(8)25(10)22(7)16-21(6)20(5)13-14-24(9)27-11/h13-14,16-17H,2,4-6,8-10,12,15H2,1,3,7,11H3/b14-13-,22-16-,26-17-. The molecule has 0 aliphatic heterocycles. The summed E-state index contributed by atoms with van der Waals surface area (Å²) in [6.07, 6.45) is 9.28. The van der Waals surface area contributed by atoms with Crippen LogP contribution in [0, 0.1) is 0 Å². The topological polar surface area (TPSA) is 9.23 Å². The van der Waals surface area contributed by atoms with Crippen LogP contribution in [0.15, 0.2) is 121 Å². The van der Waals surface area contributed by atoms with Crippen molar-refractivity contribution in [2.24, 2.45) is 0 Å². The van der Waals surface area contributed by atoms with Crippen LogP contribution in [0.3, 0.4) is 0 Å². The monoisotopic (exact) mass is 362 g/mol. The van der Waals surface area contributed by atoms with Crippen LogP contribution < -0.4 is 0 Å². The van der Waals surface area contributed by atoms with Gasteiger partial charge in [0.15, 0.2) is 0 Å². The molecule has 0 saturated carbocycles. The lowest BCUT2D eigenvalue weighted by molar-refractivity contribution is 0.309. The highest BCUT2D eigenvalue weighted by molar-refractivity contribution is 5.55. The SMILES string of the molecule is C=C(C)C/C(=C/C(=C)C(=C)/C(C)=C\C(=C)C(=C)/C=C\C(=C)OC)C(=C)CC. The average molecular weight is 363 g/mol. The first kappa shape index (κ1) is 24.2. The van der Waals surface area contributed by atoms with Gasteiger partial charge in [0.2, 0.25) is 0 Å². The van der Waals surface area contributed by atoms with Crippen molar-refractivity contribution in [3.63, 3.8) is 0 Å². The number of methoxy groups -OCH3 is 1. The van der Waals surface area contributed by atoms with Crippen molar-refractivity contribution in [3.8, 4) is 0 Å². The molecule has 0 heterocycles. The third kappa shape index (κ3) is 8.91. The van der Waals surface area contributed by atoms with Crippen molar-refractivity contribution in [1.82, 2.24) is 0 Å². The summed E-state index contributed by atoms with van der Waals surface area (Å²) in [6, 6.07) is 0. The van der Waals surface area contributed by atoms with E-state index in [1.54, 1.807) is 13.2 Å². The van der Waals surface area contributed by atoms with Gasteiger partial charge in [-0.3, -0.25) is 0 Å². The fourth-order valence-electron chi connectivity index (χ4n) is 2.19. The number of hydrogen-bond acceptors (Lipinski definition) is 1. The van der Waals surface area contributed by atoms with E-state index in [1.165, 1.54) is 0 Å². The van der Waals surface area contributed by atoms with Crippen molar-refractivity contribution in [2.75, 3.05) is 7.11 Å². The highest BCUT2D eigenvalue weighted by Crippen LogP contribution is 2.26. The van der Waals surface area contributed by atoms with Gasteiger partial charge in [-0.1, -0.05) is 82.4 Å². The molecule has 0 unspecified atom stereocenters. The molecule has 0 atom stereocenters. The van der Waals surface area contributed by atoms with Crippen molar-refractivity contribution in [3.05, 3.63) is 121 Å². The van der Waals surface area contributed by atoms with Gasteiger partial charge in [0.05, 0.1) is 7.11 Å². The molecule has 0 bridgehead atoms. The molecule has 0 aromatic heterocycles. The quantitative estimate of drug-likeness (QED) is 0.196. The highest BCUT2D eigenvalue weighted by Gasteiger charge is 2.07. The highest BCUT2D eigenvalue weighted by atomic mass is 16.5. The molecule has 0 spiro atoms. The number of hydrogen-bond donors (Lipinski definition) is 0. The summed E-state index contributed by atoms with van der Waals surface area (Å²) in [5.41, 5.74) is 7.61. The van der Waals surface area contributed by atoms with E-state index in [2.05, 4.69) is 59.1 Å². The third-order valence-electron chi connectivity index (χ3n) is 4.12. The zero-order valence-electron chi connectivity index (χ0n) is 17.6. The Bertz CT molecular complexity index is 760. The third-order valence-corrected chi connectivity index (χ3v) is 4.12. The van der Waals surface area contributed by atoms with Crippen LogP contribution in [0.2, 0.25) is 0 Å². The first-order valence-electron chi connectivity index (χ1n) is 8.92. The molecule has 1 nitrogen and oxygen atoms in total. The van der Waals surface area contributed by atoms with Gasteiger partial charge in [0.1, 0.15) is 5.76 Å². The zero-order valence-corrected chi connectivity index (χ0v) is 17.6. The molecule has 27 heavy (non-hydrogen) atoms. The first-order chi connectivity index (χ1) is 12.5. The summed E-state index contributed by atoms with van der Waals surface area (Å²) in [4.78, 5) is 0. The van der Waals surface area contributed by atoms with E-state index in [4.69, 9.17) is 4.74 Å². The Labute approximate surface area is 166 Å². The fraction of sp³-hybridized carbons (Fsp3) is 0.231. The Morgan fingerprint density at radius 2 is 1.41 bits per heavy atom. The molecular weight excluding hydrogens is 328 g/mol. The largest absolute Gasteiger partial charge is 0.497 e. The van der Waals surface area contributed by atoms with E-state index < -0.39 is 0 Å². The van der Waals surface area contributed by atoms with Gasteiger partial charge in [0, 0.05) is 0 Å². The van der Waals surface area contributed by atoms with E-state index in [-0.39, 0.29) is 0 Å². The van der Waals surface area contributed by atoms with Crippen molar-refractivity contribution >= 4 is 0 Å². The molecule has 0 aromatic rings. The minimum Gasteiger partial charge on any atom is -0.497 e. The average Bonchev–Trinajstić information content (AvgIpc) is 2.62. The van der Waals surface area contributed by atoms with E-state index in [0.29, 0.717) is 5.76 Å². The molecule has 1 heteroatoms. The van der Waals surface area contributed by atoms with Crippen molar-refractivity contribution in [1.29, 1.82) is 0 Å². The van der Waals surface area contributed by atoms with Crippen LogP contribution in [0.5, 0.6) is 0 Å². The minimum absolute atomic E-state index is 0.564. The summed E-state index contributed by atoms with van der Waals surface area (Å²) in [6.45, 7) is 34.5. The molecule has 0 radical (unpaired) electrons. The molecule has 0 aromatic carbocycles. The predicted molar refractivity (Wildman–Crippen MR) is 123 cm³/mol. The summed E-state index contributed by atoms with van der Waals surface area (Å²) in [5.74, 6) is 0.564. The molecular formula is C26H34O. The van der Waals surface area contributed by atoms with Gasteiger partial charge < -0.3 is 4.74 Å². The van der Waals surface area contributed by atoms with Gasteiger partial charge in [-0.2, -0.15) is 0 Å². The maximum Gasteiger partial charge on any atom is 0.111 e. The normalized spacial score (nSPS) is 11.9. The van der Waals surface area contributed by atoms with Gasteiger partial charge in [-0.25, -0.2) is 0 Å². The number of rotatable bonds is 12. The van der Waals surface area contributed by atoms with Crippen molar-refractivity contribution in [2.45, 2.75) is 33.6 Å². The Morgan fingerprint density at radius 3 is 1.89 bits per heavy atom. The second-order valence-electron chi connectivity index (χ2n) is 6.65. The van der Waals surface area contributed by atoms with Gasteiger partial charge in [0.25, 0.3) is 0 Å². The van der Waals surface area contributed by atoms with Crippen LogP contribution in [0.1, 0.15) is 33.6 Å². The number of allylic oxidation sites excluding steroid dienone is 12. The number of ether oxygens (including phenoxy) is 1. The predicted octanol–water partition coefficient (Wildman–Crippen LogP) is 7.73. The Hall–Kier alpha value is -2.80. The lowest BCUT2D eigenvalue weighted by atomic mass is 9.92. The van der Waals surface area contributed by atoms with E-state index in [0.717, 1.165) is 57.4 Å². The van der Waals surface area contributed by atoms with E-state index in [9.17, 15) is 0 Å². The minimum atomic E-state index is 0.564. The second kappa shape index (κ2) is 11.7. The lowest BCUT2D eigenvalue weighted by Gasteiger charge is -2.13. The van der Waals surface area contributed by atoms with Crippen LogP contribution in [0.25, 0.3) is 0 Å². The maximum absolute atomic E-state index is 5.01. The lowest BCUT2D eigenvalue weighted by Crippen LogP contribution is -1.94. The van der Waals surface area contributed by atoms with E-state index in [1.807, 2.05) is 26.0 Å². The maximum atomic E-state index is 5.01. The molecule has 0 N–H and O–H groups in total. The molecule has 0 aliphatic carbocycles. The summed E-state index contributed by atoms with van der Waals surface area (Å²) >= 11 is 0. The molecule has 144 valence electrons. The summed E-state index contributed by atoms with van der Waals surface area (Å²) in [7, 11) is 1.58. The van der Waals surface area contributed by atoms with Crippen molar-refractivity contribution < 1.29 is 4.74 Å². The molecule has 0 saturated heterocycles. The molecule has 0 fully saturated rings. The second-order valence-corrected chi connectivity index (χ2v) is 6.65. The molecule has 0 amide bonds.